The van der Waals surface area contributed by atoms with Gasteiger partial charge in [-0.05, 0) is 54.9 Å². The molecule has 0 radical (unpaired) electrons. The maximum Gasteiger partial charge on any atom is 0.193 e. The van der Waals surface area contributed by atoms with Crippen molar-refractivity contribution >= 4 is 5.78 Å². The van der Waals surface area contributed by atoms with Gasteiger partial charge in [-0.3, -0.25) is 4.79 Å². The zero-order chi connectivity index (χ0) is 14.7. The fourth-order valence-electron chi connectivity index (χ4n) is 3.08. The molecule has 0 atom stereocenters. The van der Waals surface area contributed by atoms with E-state index in [4.69, 9.17) is 0 Å². The van der Waals surface area contributed by atoms with E-state index in [-0.39, 0.29) is 5.78 Å². The first-order chi connectivity index (χ1) is 10.3. The second-order valence-electron chi connectivity index (χ2n) is 5.97. The van der Waals surface area contributed by atoms with Crippen LogP contribution >= 0.6 is 0 Å². The van der Waals surface area contributed by atoms with Crippen LogP contribution in [0.2, 0.25) is 0 Å². The molecule has 2 aromatic carbocycles. The quantitative estimate of drug-likeness (QED) is 0.721. The van der Waals surface area contributed by atoms with Gasteiger partial charge in [0.1, 0.15) is 0 Å². The van der Waals surface area contributed by atoms with E-state index in [1.54, 1.807) is 0 Å². The lowest BCUT2D eigenvalue weighted by molar-refractivity contribution is 0.103. The van der Waals surface area contributed by atoms with E-state index in [1.165, 1.54) is 36.0 Å². The summed E-state index contributed by atoms with van der Waals surface area (Å²) < 4.78 is 0. The number of benzene rings is 2. The minimum atomic E-state index is 0.145. The van der Waals surface area contributed by atoms with Crippen LogP contribution < -0.4 is 0 Å². The summed E-state index contributed by atoms with van der Waals surface area (Å²) in [5.74, 6) is 0.145. The van der Waals surface area contributed by atoms with Crippen molar-refractivity contribution in [3.63, 3.8) is 0 Å². The standard InChI is InChI=1S/C20H22O/c1-2-3-5-15-8-10-17(11-9-15)20(21)19-13-12-16-6-4-7-18(16)14-19/h8-14H,2-7H2,1H3. The Morgan fingerprint density at radius 2 is 1.67 bits per heavy atom. The Morgan fingerprint density at radius 3 is 2.43 bits per heavy atom. The van der Waals surface area contributed by atoms with Gasteiger partial charge in [0.15, 0.2) is 5.78 Å². The Bertz CT molecular complexity index is 637. The highest BCUT2D eigenvalue weighted by Crippen LogP contribution is 2.24. The summed E-state index contributed by atoms with van der Waals surface area (Å²) in [4.78, 5) is 12.6. The van der Waals surface area contributed by atoms with Gasteiger partial charge in [-0.25, -0.2) is 0 Å². The average molecular weight is 278 g/mol. The Kier molecular flexibility index (Phi) is 4.19. The molecule has 1 aliphatic rings. The van der Waals surface area contributed by atoms with Gasteiger partial charge in [-0.15, -0.1) is 0 Å². The zero-order valence-corrected chi connectivity index (χ0v) is 12.7. The van der Waals surface area contributed by atoms with E-state index in [9.17, 15) is 4.79 Å². The number of hydrogen-bond donors (Lipinski definition) is 0. The molecule has 0 unspecified atom stereocenters. The van der Waals surface area contributed by atoms with Crippen LogP contribution in [-0.4, -0.2) is 5.78 Å². The third kappa shape index (κ3) is 3.07. The number of aryl methyl sites for hydroxylation is 3. The lowest BCUT2D eigenvalue weighted by Crippen LogP contribution is -2.02. The third-order valence-electron chi connectivity index (χ3n) is 4.40. The summed E-state index contributed by atoms with van der Waals surface area (Å²) >= 11 is 0. The number of ketones is 1. The molecule has 0 aromatic heterocycles. The summed E-state index contributed by atoms with van der Waals surface area (Å²) in [7, 11) is 0. The molecule has 2 aromatic rings. The highest BCUT2D eigenvalue weighted by molar-refractivity contribution is 6.09. The molecule has 1 nitrogen and oxygen atoms in total. The number of carbonyl (C=O) groups excluding carboxylic acids is 1. The molecule has 0 aliphatic heterocycles. The molecule has 0 heterocycles. The summed E-state index contributed by atoms with van der Waals surface area (Å²) in [6, 6.07) is 14.3. The second-order valence-corrected chi connectivity index (χ2v) is 5.97. The second kappa shape index (κ2) is 6.26. The maximum atomic E-state index is 12.6. The smallest absolute Gasteiger partial charge is 0.193 e. The summed E-state index contributed by atoms with van der Waals surface area (Å²) in [6.07, 6.45) is 7.01. The van der Waals surface area contributed by atoms with E-state index < -0.39 is 0 Å². The van der Waals surface area contributed by atoms with Crippen molar-refractivity contribution in [1.29, 1.82) is 0 Å². The summed E-state index contributed by atoms with van der Waals surface area (Å²) in [5, 5.41) is 0. The molecule has 0 saturated heterocycles. The molecule has 0 saturated carbocycles. The Labute approximate surface area is 127 Å². The minimum absolute atomic E-state index is 0.145. The molecule has 0 N–H and O–H groups in total. The van der Waals surface area contributed by atoms with Gasteiger partial charge in [-0.2, -0.15) is 0 Å². The normalized spacial score (nSPS) is 13.2. The van der Waals surface area contributed by atoms with Gasteiger partial charge < -0.3 is 0 Å². The van der Waals surface area contributed by atoms with Crippen LogP contribution in [0.5, 0.6) is 0 Å². The van der Waals surface area contributed by atoms with Gasteiger partial charge in [-0.1, -0.05) is 49.7 Å². The van der Waals surface area contributed by atoms with Crippen LogP contribution in [0.1, 0.15) is 58.8 Å². The van der Waals surface area contributed by atoms with Crippen LogP contribution in [0.4, 0.5) is 0 Å². The summed E-state index contributed by atoms with van der Waals surface area (Å²) in [6.45, 7) is 2.20. The lowest BCUT2D eigenvalue weighted by Gasteiger charge is -2.06. The molecular weight excluding hydrogens is 256 g/mol. The van der Waals surface area contributed by atoms with Crippen molar-refractivity contribution in [1.82, 2.24) is 0 Å². The van der Waals surface area contributed by atoms with Crippen molar-refractivity contribution in [3.05, 3.63) is 70.3 Å². The summed E-state index contributed by atoms with van der Waals surface area (Å²) in [5.41, 5.74) is 5.73. The van der Waals surface area contributed by atoms with E-state index in [0.29, 0.717) is 0 Å². The third-order valence-corrected chi connectivity index (χ3v) is 4.40. The van der Waals surface area contributed by atoms with Crippen molar-refractivity contribution in [2.75, 3.05) is 0 Å². The number of fused-ring (bicyclic) bond motifs is 1. The molecule has 21 heavy (non-hydrogen) atoms. The molecule has 3 rings (SSSR count). The molecule has 108 valence electrons. The predicted molar refractivity (Wildman–Crippen MR) is 87.0 cm³/mol. The van der Waals surface area contributed by atoms with Gasteiger partial charge in [0.05, 0.1) is 0 Å². The van der Waals surface area contributed by atoms with Crippen LogP contribution in [0.3, 0.4) is 0 Å². The molecule has 0 bridgehead atoms. The monoisotopic (exact) mass is 278 g/mol. The number of hydrogen-bond acceptors (Lipinski definition) is 1. The highest BCUT2D eigenvalue weighted by atomic mass is 16.1. The SMILES string of the molecule is CCCCc1ccc(C(=O)c2ccc3c(c2)CCC3)cc1. The Morgan fingerprint density at radius 1 is 0.952 bits per heavy atom. The molecule has 0 amide bonds. The largest absolute Gasteiger partial charge is 0.289 e. The van der Waals surface area contributed by atoms with Crippen LogP contribution in [0, 0.1) is 0 Å². The Balaban J connectivity index is 1.78. The maximum absolute atomic E-state index is 12.6. The lowest BCUT2D eigenvalue weighted by atomic mass is 9.98. The fraction of sp³-hybridized carbons (Fsp3) is 0.350. The topological polar surface area (TPSA) is 17.1 Å². The van der Waals surface area contributed by atoms with Crippen molar-refractivity contribution < 1.29 is 4.79 Å². The minimum Gasteiger partial charge on any atom is -0.289 e. The molecule has 0 spiro atoms. The van der Waals surface area contributed by atoms with Crippen molar-refractivity contribution in [2.24, 2.45) is 0 Å². The van der Waals surface area contributed by atoms with E-state index in [0.717, 1.165) is 30.4 Å². The molecule has 0 fully saturated rings. The predicted octanol–water partition coefficient (Wildman–Crippen LogP) is 4.75. The number of unbranched alkanes of at least 4 members (excludes halogenated alkanes) is 1. The first-order valence-electron chi connectivity index (χ1n) is 8.03. The molecule has 1 aliphatic carbocycles. The van der Waals surface area contributed by atoms with Crippen LogP contribution in [0.25, 0.3) is 0 Å². The van der Waals surface area contributed by atoms with E-state index in [2.05, 4.69) is 31.2 Å². The highest BCUT2D eigenvalue weighted by Gasteiger charge is 2.15. The van der Waals surface area contributed by atoms with Gasteiger partial charge >= 0.3 is 0 Å². The van der Waals surface area contributed by atoms with Gasteiger partial charge in [0, 0.05) is 11.1 Å². The average Bonchev–Trinajstić information content (AvgIpc) is 3.00. The van der Waals surface area contributed by atoms with Gasteiger partial charge in [0.2, 0.25) is 0 Å². The van der Waals surface area contributed by atoms with E-state index in [1.807, 2.05) is 18.2 Å². The number of rotatable bonds is 5. The van der Waals surface area contributed by atoms with Crippen LogP contribution in [0.15, 0.2) is 42.5 Å². The first kappa shape index (κ1) is 14.1. The number of carbonyl (C=O) groups is 1. The van der Waals surface area contributed by atoms with Crippen molar-refractivity contribution in [2.45, 2.75) is 45.4 Å². The fourth-order valence-corrected chi connectivity index (χ4v) is 3.08. The van der Waals surface area contributed by atoms with Gasteiger partial charge in [0.25, 0.3) is 0 Å². The van der Waals surface area contributed by atoms with Crippen molar-refractivity contribution in [3.8, 4) is 0 Å². The Hall–Kier alpha value is -1.89. The molecule has 1 heteroatoms. The first-order valence-corrected chi connectivity index (χ1v) is 8.03. The van der Waals surface area contributed by atoms with E-state index >= 15 is 0 Å². The zero-order valence-electron chi connectivity index (χ0n) is 12.7. The molecular formula is C20H22O. The van der Waals surface area contributed by atoms with Crippen LogP contribution in [-0.2, 0) is 19.3 Å².